The van der Waals surface area contributed by atoms with Gasteiger partial charge < -0.3 is 10.1 Å². The summed E-state index contributed by atoms with van der Waals surface area (Å²) in [6.45, 7) is 0. The molecule has 0 fully saturated rings. The normalized spacial score (nSPS) is 15.8. The van der Waals surface area contributed by atoms with Crippen molar-refractivity contribution < 1.29 is 4.74 Å². The fourth-order valence-electron chi connectivity index (χ4n) is 3.24. The highest BCUT2D eigenvalue weighted by Crippen LogP contribution is 2.44. The lowest BCUT2D eigenvalue weighted by Crippen LogP contribution is -2.17. The highest BCUT2D eigenvalue weighted by Gasteiger charge is 2.32. The topological polar surface area (TPSA) is 73.7 Å². The van der Waals surface area contributed by atoms with Crippen LogP contribution in [-0.2, 0) is 0 Å². The minimum absolute atomic E-state index is 0.291. The maximum Gasteiger partial charge on any atom is 0.156 e. The third-order valence-corrected chi connectivity index (χ3v) is 4.84. The maximum absolute atomic E-state index is 9.96. The van der Waals surface area contributed by atoms with Crippen LogP contribution in [0.25, 0.3) is 5.70 Å². The number of hydrogen-bond donors (Lipinski definition) is 2. The van der Waals surface area contributed by atoms with Crippen LogP contribution in [0, 0.1) is 11.3 Å². The lowest BCUT2D eigenvalue weighted by Gasteiger charge is -2.26. The zero-order valence-corrected chi connectivity index (χ0v) is 14.7. The van der Waals surface area contributed by atoms with Crippen molar-refractivity contribution in [2.24, 2.45) is 0 Å². The summed E-state index contributed by atoms with van der Waals surface area (Å²) in [4.78, 5) is 0. The van der Waals surface area contributed by atoms with Crippen LogP contribution >= 0.6 is 11.6 Å². The number of methoxy groups -OCH3 is 1. The molecule has 0 spiro atoms. The first-order chi connectivity index (χ1) is 12.7. The van der Waals surface area contributed by atoms with Gasteiger partial charge in [-0.1, -0.05) is 29.8 Å². The van der Waals surface area contributed by atoms with Gasteiger partial charge in [0.15, 0.2) is 5.82 Å². The molecular weight excluding hydrogens is 348 g/mol. The van der Waals surface area contributed by atoms with Crippen molar-refractivity contribution in [2.75, 3.05) is 12.4 Å². The van der Waals surface area contributed by atoms with E-state index in [0.717, 1.165) is 28.1 Å². The van der Waals surface area contributed by atoms with Crippen LogP contribution in [0.2, 0.25) is 5.02 Å². The molecule has 0 bridgehead atoms. The Morgan fingerprint density at radius 2 is 1.88 bits per heavy atom. The second kappa shape index (κ2) is 6.58. The van der Waals surface area contributed by atoms with Gasteiger partial charge in [0.2, 0.25) is 0 Å². The van der Waals surface area contributed by atoms with E-state index in [0.29, 0.717) is 16.4 Å². The molecule has 4 rings (SSSR count). The van der Waals surface area contributed by atoms with Gasteiger partial charge in [-0.25, -0.2) is 0 Å². The smallest absolute Gasteiger partial charge is 0.156 e. The maximum atomic E-state index is 9.96. The van der Waals surface area contributed by atoms with Gasteiger partial charge in [0, 0.05) is 16.8 Å². The van der Waals surface area contributed by atoms with Gasteiger partial charge in [-0.05, 0) is 41.5 Å². The van der Waals surface area contributed by atoms with Crippen LogP contribution in [-0.4, -0.2) is 17.3 Å². The number of nitrogens with one attached hydrogen (secondary N) is 2. The van der Waals surface area contributed by atoms with Crippen molar-refractivity contribution in [3.8, 4) is 11.8 Å². The molecule has 3 aromatic rings. The predicted octanol–water partition coefficient (Wildman–Crippen LogP) is 4.56. The van der Waals surface area contributed by atoms with E-state index in [9.17, 15) is 5.26 Å². The predicted molar refractivity (Wildman–Crippen MR) is 101 cm³/mol. The number of ether oxygens (including phenoxy) is 1. The zero-order chi connectivity index (χ0) is 18.1. The van der Waals surface area contributed by atoms with E-state index in [1.54, 1.807) is 13.3 Å². The van der Waals surface area contributed by atoms with Crippen LogP contribution in [0.4, 0.5) is 5.82 Å². The number of aromatic amines is 1. The van der Waals surface area contributed by atoms with Gasteiger partial charge in [0.1, 0.15) is 5.75 Å². The number of halogens is 1. The Balaban J connectivity index is 1.92. The summed E-state index contributed by atoms with van der Waals surface area (Å²) < 4.78 is 5.22. The molecule has 1 aliphatic heterocycles. The lowest BCUT2D eigenvalue weighted by molar-refractivity contribution is 0.415. The van der Waals surface area contributed by atoms with E-state index in [1.807, 2.05) is 48.5 Å². The molecule has 5 nitrogen and oxygen atoms in total. The van der Waals surface area contributed by atoms with Gasteiger partial charge in [-0.2, -0.15) is 10.4 Å². The average Bonchev–Trinajstić information content (AvgIpc) is 3.15. The van der Waals surface area contributed by atoms with Gasteiger partial charge in [-0.3, -0.25) is 5.10 Å². The third kappa shape index (κ3) is 2.61. The Labute approximate surface area is 155 Å². The van der Waals surface area contributed by atoms with Crippen molar-refractivity contribution >= 4 is 23.1 Å². The molecule has 1 aliphatic rings. The van der Waals surface area contributed by atoms with E-state index in [4.69, 9.17) is 16.3 Å². The van der Waals surface area contributed by atoms with Crippen LogP contribution < -0.4 is 10.1 Å². The fraction of sp³-hybridized carbons (Fsp3) is 0.100. The summed E-state index contributed by atoms with van der Waals surface area (Å²) in [7, 11) is 1.62. The number of anilines is 1. The van der Waals surface area contributed by atoms with Crippen LogP contribution in [0.1, 0.15) is 22.6 Å². The highest BCUT2D eigenvalue weighted by atomic mass is 35.5. The summed E-state index contributed by atoms with van der Waals surface area (Å²) in [5.74, 6) is 1.16. The quantitative estimate of drug-likeness (QED) is 0.716. The van der Waals surface area contributed by atoms with E-state index >= 15 is 0 Å². The molecular formula is C20H15ClN4O. The summed E-state index contributed by atoms with van der Waals surface area (Å²) in [5.41, 5.74) is 3.97. The first-order valence-electron chi connectivity index (χ1n) is 8.06. The highest BCUT2D eigenvalue weighted by molar-refractivity contribution is 6.31. The average molecular weight is 363 g/mol. The minimum Gasteiger partial charge on any atom is -0.497 e. The van der Waals surface area contributed by atoms with Crippen molar-refractivity contribution in [1.82, 2.24) is 10.2 Å². The van der Waals surface area contributed by atoms with Crippen LogP contribution in [0.3, 0.4) is 0 Å². The molecule has 0 saturated carbocycles. The van der Waals surface area contributed by atoms with Crippen LogP contribution in [0.15, 0.2) is 60.3 Å². The number of aromatic nitrogens is 2. The summed E-state index contributed by atoms with van der Waals surface area (Å²) in [6, 6.07) is 17.5. The first-order valence-corrected chi connectivity index (χ1v) is 8.44. The second-order valence-electron chi connectivity index (χ2n) is 5.90. The summed E-state index contributed by atoms with van der Waals surface area (Å²) in [6.07, 6.45) is 1.80. The molecule has 0 saturated heterocycles. The monoisotopic (exact) mass is 362 g/mol. The molecule has 26 heavy (non-hydrogen) atoms. The fourth-order valence-corrected chi connectivity index (χ4v) is 3.49. The molecule has 2 aromatic carbocycles. The number of hydrogen-bond acceptors (Lipinski definition) is 4. The Morgan fingerprint density at radius 3 is 2.58 bits per heavy atom. The van der Waals surface area contributed by atoms with Crippen molar-refractivity contribution in [2.45, 2.75) is 5.92 Å². The molecule has 6 heteroatoms. The molecule has 2 N–H and O–H groups in total. The van der Waals surface area contributed by atoms with Crippen molar-refractivity contribution in [1.29, 1.82) is 5.26 Å². The molecule has 1 unspecified atom stereocenters. The van der Waals surface area contributed by atoms with Gasteiger partial charge >= 0.3 is 0 Å². The number of allylic oxidation sites excluding steroid dienone is 1. The molecule has 128 valence electrons. The first kappa shape index (κ1) is 16.2. The zero-order valence-electron chi connectivity index (χ0n) is 14.0. The minimum atomic E-state index is -0.291. The third-order valence-electron chi connectivity index (χ3n) is 4.50. The van der Waals surface area contributed by atoms with Crippen LogP contribution in [0.5, 0.6) is 5.75 Å². The Morgan fingerprint density at radius 1 is 1.12 bits per heavy atom. The van der Waals surface area contributed by atoms with Crippen molar-refractivity contribution in [3.63, 3.8) is 0 Å². The Hall–Kier alpha value is -3.23. The standard InChI is InChI=1S/C20H15ClN4O/c1-26-13-8-6-12(7-9-13)19-15(10-22)18(14-4-2-3-5-17(14)21)16-11-23-25-20(16)24-19/h2-9,11,18H,1H3,(H2,23,24,25). The SMILES string of the molecule is COc1ccc(C2=C(C#N)C(c3ccccc3Cl)c3c[nH]nc3N2)cc1. The second-order valence-corrected chi connectivity index (χ2v) is 6.30. The largest absolute Gasteiger partial charge is 0.497 e. The number of nitrogens with zero attached hydrogens (tertiary/aromatic N) is 2. The van der Waals surface area contributed by atoms with Gasteiger partial charge in [0.25, 0.3) is 0 Å². The van der Waals surface area contributed by atoms with E-state index in [1.165, 1.54) is 0 Å². The van der Waals surface area contributed by atoms with Crippen molar-refractivity contribution in [3.05, 3.63) is 82.0 Å². The Kier molecular flexibility index (Phi) is 4.11. The number of benzene rings is 2. The molecule has 2 heterocycles. The number of nitriles is 1. The molecule has 0 aliphatic carbocycles. The van der Waals surface area contributed by atoms with E-state index in [2.05, 4.69) is 21.6 Å². The van der Waals surface area contributed by atoms with E-state index in [-0.39, 0.29) is 5.92 Å². The lowest BCUT2D eigenvalue weighted by atomic mass is 9.82. The number of H-pyrrole nitrogens is 1. The molecule has 0 radical (unpaired) electrons. The van der Waals surface area contributed by atoms with Gasteiger partial charge in [-0.15, -0.1) is 0 Å². The molecule has 1 aromatic heterocycles. The van der Waals surface area contributed by atoms with Gasteiger partial charge in [0.05, 0.1) is 30.4 Å². The number of rotatable bonds is 3. The summed E-state index contributed by atoms with van der Waals surface area (Å²) >= 11 is 6.45. The Bertz CT molecular complexity index is 1030. The van der Waals surface area contributed by atoms with E-state index < -0.39 is 0 Å². The molecule has 1 atom stereocenters. The summed E-state index contributed by atoms with van der Waals surface area (Å²) in [5, 5.41) is 21.0. The number of fused-ring (bicyclic) bond motifs is 1. The molecule has 0 amide bonds.